The van der Waals surface area contributed by atoms with E-state index in [1.807, 2.05) is 43.3 Å². The highest BCUT2D eigenvalue weighted by Gasteiger charge is 2.59. The first-order valence-electron chi connectivity index (χ1n) is 11.2. The largest absolute Gasteiger partial charge is 0.424 e. The van der Waals surface area contributed by atoms with E-state index in [9.17, 15) is 9.59 Å². The Balaban J connectivity index is 1.58. The lowest BCUT2D eigenvalue weighted by molar-refractivity contribution is -0.140. The average Bonchev–Trinajstić information content (AvgIpc) is 3.33. The Kier molecular flexibility index (Phi) is 5.41. The molecule has 2 amide bonds. The molecule has 0 spiro atoms. The maximum absolute atomic E-state index is 14.0. The van der Waals surface area contributed by atoms with Crippen LogP contribution < -0.4 is 0 Å². The van der Waals surface area contributed by atoms with Crippen LogP contribution in [0.15, 0.2) is 48.5 Å². The number of cyclic esters (lactones) is 1. The number of H-pyrrole nitrogens is 1. The maximum atomic E-state index is 14.0. The fourth-order valence-electron chi connectivity index (χ4n) is 5.10. The SMILES string of the molecule is C[C@H](C1CCCCC1)N1C(=O)O[C@](Cc2ccccc2)(c2nc3cc(Cl)ccc3[nH]2)C1=O. The molecule has 1 aliphatic carbocycles. The van der Waals surface area contributed by atoms with Crippen molar-refractivity contribution in [3.8, 4) is 0 Å². The number of benzene rings is 2. The van der Waals surface area contributed by atoms with Gasteiger partial charge in [-0.1, -0.05) is 61.2 Å². The van der Waals surface area contributed by atoms with E-state index in [-0.39, 0.29) is 18.4 Å². The summed E-state index contributed by atoms with van der Waals surface area (Å²) in [4.78, 5) is 36.3. The van der Waals surface area contributed by atoms with Gasteiger partial charge in [-0.15, -0.1) is 0 Å². The average molecular weight is 452 g/mol. The highest BCUT2D eigenvalue weighted by atomic mass is 35.5. The number of imide groups is 1. The summed E-state index contributed by atoms with van der Waals surface area (Å²) in [5.41, 5.74) is 0.716. The van der Waals surface area contributed by atoms with Crippen molar-refractivity contribution in [3.63, 3.8) is 0 Å². The topological polar surface area (TPSA) is 75.3 Å². The number of carbonyl (C=O) groups is 2. The van der Waals surface area contributed by atoms with Crippen molar-refractivity contribution in [2.45, 2.75) is 57.1 Å². The molecule has 7 heteroatoms. The van der Waals surface area contributed by atoms with Crippen molar-refractivity contribution < 1.29 is 14.3 Å². The molecule has 2 fully saturated rings. The fraction of sp³-hybridized carbons (Fsp3) is 0.400. The van der Waals surface area contributed by atoms with Crippen LogP contribution in [0.2, 0.25) is 5.02 Å². The van der Waals surface area contributed by atoms with Crippen molar-refractivity contribution in [2.75, 3.05) is 0 Å². The molecule has 1 aromatic heterocycles. The van der Waals surface area contributed by atoms with Gasteiger partial charge in [0.25, 0.3) is 11.5 Å². The van der Waals surface area contributed by atoms with Crippen molar-refractivity contribution in [3.05, 3.63) is 64.9 Å². The molecule has 6 nitrogen and oxygen atoms in total. The molecular formula is C25H26ClN3O3. The van der Waals surface area contributed by atoms with Gasteiger partial charge in [0.05, 0.1) is 11.0 Å². The molecule has 1 saturated heterocycles. The zero-order valence-corrected chi connectivity index (χ0v) is 18.8. The lowest BCUT2D eigenvalue weighted by Gasteiger charge is -2.32. The summed E-state index contributed by atoms with van der Waals surface area (Å²) in [5, 5.41) is 0.551. The zero-order chi connectivity index (χ0) is 22.3. The van der Waals surface area contributed by atoms with Crippen LogP contribution in [0.4, 0.5) is 4.79 Å². The van der Waals surface area contributed by atoms with Gasteiger partial charge in [0, 0.05) is 17.5 Å². The first-order valence-corrected chi connectivity index (χ1v) is 11.6. The van der Waals surface area contributed by atoms with E-state index in [1.54, 1.807) is 12.1 Å². The van der Waals surface area contributed by atoms with Crippen molar-refractivity contribution >= 4 is 34.6 Å². The minimum absolute atomic E-state index is 0.208. The number of fused-ring (bicyclic) bond motifs is 1. The smallest absolute Gasteiger partial charge is 0.418 e. The zero-order valence-electron chi connectivity index (χ0n) is 18.0. The van der Waals surface area contributed by atoms with Gasteiger partial charge in [0.1, 0.15) is 0 Å². The third-order valence-electron chi connectivity index (χ3n) is 6.89. The molecule has 2 heterocycles. The van der Waals surface area contributed by atoms with Gasteiger partial charge in [-0.05, 0) is 49.4 Å². The van der Waals surface area contributed by atoms with Crippen LogP contribution in [0.5, 0.6) is 0 Å². The predicted molar refractivity (Wildman–Crippen MR) is 122 cm³/mol. The minimum atomic E-state index is -1.53. The Morgan fingerprint density at radius 3 is 2.66 bits per heavy atom. The lowest BCUT2D eigenvalue weighted by atomic mass is 9.83. The van der Waals surface area contributed by atoms with Crippen molar-refractivity contribution in [1.29, 1.82) is 0 Å². The predicted octanol–water partition coefficient (Wildman–Crippen LogP) is 5.60. The van der Waals surface area contributed by atoms with E-state index in [1.165, 1.54) is 11.3 Å². The van der Waals surface area contributed by atoms with Crippen molar-refractivity contribution in [2.24, 2.45) is 5.92 Å². The van der Waals surface area contributed by atoms with E-state index in [4.69, 9.17) is 16.3 Å². The van der Waals surface area contributed by atoms with Crippen LogP contribution >= 0.6 is 11.6 Å². The number of nitrogens with zero attached hydrogens (tertiary/aromatic N) is 2. The molecule has 2 atom stereocenters. The van der Waals surface area contributed by atoms with Gasteiger partial charge < -0.3 is 9.72 Å². The van der Waals surface area contributed by atoms with Gasteiger partial charge in [-0.3, -0.25) is 4.79 Å². The van der Waals surface area contributed by atoms with E-state index >= 15 is 0 Å². The number of amides is 2. The van der Waals surface area contributed by atoms with Gasteiger partial charge in [-0.2, -0.15) is 0 Å². The van der Waals surface area contributed by atoms with E-state index < -0.39 is 11.7 Å². The second-order valence-corrected chi connectivity index (χ2v) is 9.35. The first-order chi connectivity index (χ1) is 15.5. The molecule has 166 valence electrons. The van der Waals surface area contributed by atoms with Gasteiger partial charge >= 0.3 is 6.09 Å². The number of nitrogens with one attached hydrogen (secondary N) is 1. The molecule has 1 saturated carbocycles. The summed E-state index contributed by atoms with van der Waals surface area (Å²) < 4.78 is 5.95. The molecule has 1 aliphatic heterocycles. The monoisotopic (exact) mass is 451 g/mol. The number of ether oxygens (including phenoxy) is 1. The number of halogens is 1. The number of rotatable bonds is 5. The normalized spacial score (nSPS) is 23.0. The molecule has 0 bridgehead atoms. The molecule has 0 unspecified atom stereocenters. The Morgan fingerprint density at radius 1 is 1.16 bits per heavy atom. The number of hydrogen-bond donors (Lipinski definition) is 1. The molecule has 2 aliphatic rings. The van der Waals surface area contributed by atoms with E-state index in [2.05, 4.69) is 9.97 Å². The van der Waals surface area contributed by atoms with Crippen LogP contribution in [-0.2, 0) is 21.6 Å². The molecule has 1 N–H and O–H groups in total. The summed E-state index contributed by atoms with van der Waals surface area (Å²) in [6, 6.07) is 14.7. The van der Waals surface area contributed by atoms with Crippen molar-refractivity contribution in [1.82, 2.24) is 14.9 Å². The van der Waals surface area contributed by atoms with E-state index in [0.717, 1.165) is 36.8 Å². The number of aromatic amines is 1. The maximum Gasteiger partial charge on any atom is 0.418 e. The molecule has 5 rings (SSSR count). The van der Waals surface area contributed by atoms with Crippen LogP contribution in [0.25, 0.3) is 11.0 Å². The Hall–Kier alpha value is -2.86. The first kappa shape index (κ1) is 21.0. The molecular weight excluding hydrogens is 426 g/mol. The van der Waals surface area contributed by atoms with Gasteiger partial charge in [0.15, 0.2) is 5.82 Å². The van der Waals surface area contributed by atoms with Gasteiger partial charge in [0.2, 0.25) is 0 Å². The Labute approximate surface area is 191 Å². The minimum Gasteiger partial charge on any atom is -0.424 e. The standard InChI is InChI=1S/C25H26ClN3O3/c1-16(18-10-6-3-7-11-18)29-23(30)25(32-24(29)31,15-17-8-4-2-5-9-17)22-27-20-13-12-19(26)14-21(20)28-22/h2,4-5,8-9,12-14,16,18H,3,6-7,10-11,15H2,1H3,(H,27,28)/t16-,25-/m1/s1. The Morgan fingerprint density at radius 2 is 1.91 bits per heavy atom. The van der Waals surface area contributed by atoms with Crippen LogP contribution in [0, 0.1) is 5.92 Å². The van der Waals surface area contributed by atoms with Crippen LogP contribution in [0.1, 0.15) is 50.4 Å². The summed E-state index contributed by atoms with van der Waals surface area (Å²) in [6.07, 6.45) is 5.13. The molecule has 32 heavy (non-hydrogen) atoms. The molecule has 0 radical (unpaired) electrons. The lowest BCUT2D eigenvalue weighted by Crippen LogP contribution is -2.47. The number of aromatic nitrogens is 2. The van der Waals surface area contributed by atoms with Gasteiger partial charge in [-0.25, -0.2) is 14.7 Å². The summed E-state index contributed by atoms with van der Waals surface area (Å²) >= 11 is 6.14. The Bertz CT molecular complexity index is 1160. The second-order valence-electron chi connectivity index (χ2n) is 8.92. The molecule has 3 aromatic rings. The van der Waals surface area contributed by atoms with Crippen LogP contribution in [0.3, 0.4) is 0 Å². The molecule has 2 aromatic carbocycles. The van der Waals surface area contributed by atoms with E-state index in [0.29, 0.717) is 22.3 Å². The summed E-state index contributed by atoms with van der Waals surface area (Å²) in [7, 11) is 0. The summed E-state index contributed by atoms with van der Waals surface area (Å²) in [5.74, 6) is 0.271. The fourth-order valence-corrected chi connectivity index (χ4v) is 5.26. The number of carbonyl (C=O) groups excluding carboxylic acids is 2. The number of imidazole rings is 1. The third-order valence-corrected chi connectivity index (χ3v) is 7.12. The number of hydrogen-bond acceptors (Lipinski definition) is 4. The highest BCUT2D eigenvalue weighted by Crippen LogP contribution is 2.41. The second kappa shape index (κ2) is 8.24. The highest BCUT2D eigenvalue weighted by molar-refractivity contribution is 6.31. The van der Waals surface area contributed by atoms with Crippen LogP contribution in [-0.4, -0.2) is 32.9 Å². The third kappa shape index (κ3) is 3.56. The summed E-state index contributed by atoms with van der Waals surface area (Å²) in [6.45, 7) is 1.96. The quantitative estimate of drug-likeness (QED) is 0.547.